The summed E-state index contributed by atoms with van der Waals surface area (Å²) in [7, 11) is 0. The zero-order chi connectivity index (χ0) is 19.3. The number of rotatable bonds is 6. The van der Waals surface area contributed by atoms with Crippen LogP contribution in [-0.2, 0) is 11.0 Å². The van der Waals surface area contributed by atoms with E-state index in [0.717, 1.165) is 30.8 Å². The summed E-state index contributed by atoms with van der Waals surface area (Å²) in [5, 5.41) is 2.97. The van der Waals surface area contributed by atoms with E-state index in [-0.39, 0.29) is 18.2 Å². The fraction of sp³-hybridized carbons (Fsp3) is 0.650. The molecular formula is C20H29F3N2O. The average molecular weight is 370 g/mol. The third-order valence-electron chi connectivity index (χ3n) is 5.21. The summed E-state index contributed by atoms with van der Waals surface area (Å²) in [4.78, 5) is 14.6. The molecule has 6 heteroatoms. The van der Waals surface area contributed by atoms with Gasteiger partial charge in [-0.05, 0) is 55.8 Å². The molecule has 1 N–H and O–H groups in total. The van der Waals surface area contributed by atoms with Crippen LogP contribution in [-0.4, -0.2) is 36.5 Å². The van der Waals surface area contributed by atoms with Crippen molar-refractivity contribution in [3.63, 3.8) is 0 Å². The Morgan fingerprint density at radius 1 is 1.27 bits per heavy atom. The number of carbonyl (C=O) groups is 1. The van der Waals surface area contributed by atoms with E-state index in [1.807, 2.05) is 6.92 Å². The van der Waals surface area contributed by atoms with Gasteiger partial charge in [-0.15, -0.1) is 0 Å². The molecule has 1 fully saturated rings. The van der Waals surface area contributed by atoms with Crippen molar-refractivity contribution in [3.8, 4) is 0 Å². The molecule has 0 aromatic heterocycles. The molecule has 26 heavy (non-hydrogen) atoms. The van der Waals surface area contributed by atoms with E-state index in [4.69, 9.17) is 0 Å². The minimum atomic E-state index is -4.33. The third-order valence-corrected chi connectivity index (χ3v) is 5.21. The number of benzene rings is 1. The maximum atomic E-state index is 12.6. The second-order valence-corrected chi connectivity index (χ2v) is 7.62. The molecule has 1 aliphatic heterocycles. The van der Waals surface area contributed by atoms with Crippen LogP contribution in [0.1, 0.15) is 57.1 Å². The molecule has 146 valence electrons. The fourth-order valence-electron chi connectivity index (χ4n) is 3.49. The third kappa shape index (κ3) is 6.01. The van der Waals surface area contributed by atoms with Gasteiger partial charge in [-0.1, -0.05) is 26.0 Å². The molecule has 3 nitrogen and oxygen atoms in total. The van der Waals surface area contributed by atoms with E-state index in [0.29, 0.717) is 18.5 Å². The Labute approximate surface area is 154 Å². The Morgan fingerprint density at radius 3 is 2.50 bits per heavy atom. The van der Waals surface area contributed by atoms with Gasteiger partial charge in [0.25, 0.3) is 0 Å². The van der Waals surface area contributed by atoms with Crippen molar-refractivity contribution in [1.29, 1.82) is 0 Å². The number of alkyl halides is 3. The minimum Gasteiger partial charge on any atom is -0.355 e. The van der Waals surface area contributed by atoms with Crippen LogP contribution < -0.4 is 5.32 Å². The van der Waals surface area contributed by atoms with Crippen molar-refractivity contribution in [2.24, 2.45) is 5.92 Å². The fourth-order valence-corrected chi connectivity index (χ4v) is 3.49. The van der Waals surface area contributed by atoms with Gasteiger partial charge in [-0.2, -0.15) is 13.2 Å². The number of piperidine rings is 1. The molecule has 1 aliphatic rings. The van der Waals surface area contributed by atoms with E-state index in [1.54, 1.807) is 0 Å². The van der Waals surface area contributed by atoms with Crippen LogP contribution in [0.15, 0.2) is 24.3 Å². The lowest BCUT2D eigenvalue weighted by Gasteiger charge is -2.35. The van der Waals surface area contributed by atoms with Crippen LogP contribution in [0, 0.1) is 5.92 Å². The lowest BCUT2D eigenvalue weighted by atomic mass is 9.96. The van der Waals surface area contributed by atoms with E-state index >= 15 is 0 Å². The monoisotopic (exact) mass is 370 g/mol. The molecule has 0 bridgehead atoms. The van der Waals surface area contributed by atoms with Crippen molar-refractivity contribution in [2.75, 3.05) is 19.6 Å². The SMILES string of the molecule is CC1CCCN(C(C)CNC(=O)CC(C)c2ccc(C(F)(F)F)cc2)C1. The van der Waals surface area contributed by atoms with Gasteiger partial charge < -0.3 is 5.32 Å². The summed E-state index contributed by atoms with van der Waals surface area (Å²) in [6.45, 7) is 8.98. The van der Waals surface area contributed by atoms with Crippen molar-refractivity contribution >= 4 is 5.91 Å². The molecule has 0 radical (unpaired) electrons. The minimum absolute atomic E-state index is 0.0608. The molecule has 2 rings (SSSR count). The van der Waals surface area contributed by atoms with Crippen molar-refractivity contribution in [3.05, 3.63) is 35.4 Å². The highest BCUT2D eigenvalue weighted by Crippen LogP contribution is 2.30. The number of amides is 1. The Kier molecular flexibility index (Phi) is 7.09. The predicted octanol–water partition coefficient (Wildman–Crippen LogP) is 4.44. The Balaban J connectivity index is 1.79. The largest absolute Gasteiger partial charge is 0.416 e. The molecule has 1 amide bonds. The van der Waals surface area contributed by atoms with Crippen LogP contribution >= 0.6 is 0 Å². The first-order valence-electron chi connectivity index (χ1n) is 9.34. The standard InChI is InChI=1S/C20H29F3N2O/c1-14-5-4-10-25(13-14)16(3)12-24-19(26)11-15(2)17-6-8-18(9-7-17)20(21,22)23/h6-9,14-16H,4-5,10-13H2,1-3H3,(H,24,26). The molecular weight excluding hydrogens is 341 g/mol. The molecule has 1 aromatic rings. The van der Waals surface area contributed by atoms with E-state index in [1.165, 1.54) is 25.0 Å². The van der Waals surface area contributed by atoms with Gasteiger partial charge in [0.15, 0.2) is 0 Å². The number of hydrogen-bond donors (Lipinski definition) is 1. The maximum absolute atomic E-state index is 12.6. The number of likely N-dealkylation sites (tertiary alicyclic amines) is 1. The Morgan fingerprint density at radius 2 is 1.92 bits per heavy atom. The predicted molar refractivity (Wildman–Crippen MR) is 96.9 cm³/mol. The van der Waals surface area contributed by atoms with Gasteiger partial charge >= 0.3 is 6.18 Å². The lowest BCUT2D eigenvalue weighted by molar-refractivity contribution is -0.137. The van der Waals surface area contributed by atoms with E-state index in [2.05, 4.69) is 24.1 Å². The molecule has 3 unspecified atom stereocenters. The van der Waals surface area contributed by atoms with Crippen molar-refractivity contribution in [2.45, 2.75) is 58.2 Å². The van der Waals surface area contributed by atoms with Crippen molar-refractivity contribution in [1.82, 2.24) is 10.2 Å². The summed E-state index contributed by atoms with van der Waals surface area (Å²) in [5.41, 5.74) is 0.0774. The van der Waals surface area contributed by atoms with Gasteiger partial charge in [-0.3, -0.25) is 9.69 Å². The van der Waals surface area contributed by atoms with Gasteiger partial charge in [0.2, 0.25) is 5.91 Å². The van der Waals surface area contributed by atoms with Gasteiger partial charge in [0.05, 0.1) is 5.56 Å². The molecule has 0 spiro atoms. The summed E-state index contributed by atoms with van der Waals surface area (Å²) >= 11 is 0. The number of halogens is 3. The normalized spacial score (nSPS) is 21.2. The van der Waals surface area contributed by atoms with Crippen LogP contribution in [0.25, 0.3) is 0 Å². The number of nitrogens with zero attached hydrogens (tertiary/aromatic N) is 1. The lowest BCUT2D eigenvalue weighted by Crippen LogP contribution is -2.46. The summed E-state index contributed by atoms with van der Waals surface area (Å²) in [6, 6.07) is 5.35. The topological polar surface area (TPSA) is 32.3 Å². The summed E-state index contributed by atoms with van der Waals surface area (Å²) in [6.07, 6.45) is -1.60. The van der Waals surface area contributed by atoms with E-state index < -0.39 is 11.7 Å². The van der Waals surface area contributed by atoms with Gasteiger partial charge in [0, 0.05) is 25.6 Å². The Bertz CT molecular complexity index is 586. The maximum Gasteiger partial charge on any atom is 0.416 e. The first kappa shape index (κ1) is 20.7. The van der Waals surface area contributed by atoms with Gasteiger partial charge in [0.1, 0.15) is 0 Å². The highest BCUT2D eigenvalue weighted by molar-refractivity contribution is 5.76. The highest BCUT2D eigenvalue weighted by atomic mass is 19.4. The first-order valence-corrected chi connectivity index (χ1v) is 9.34. The van der Waals surface area contributed by atoms with Crippen LogP contribution in [0.2, 0.25) is 0 Å². The second kappa shape index (κ2) is 8.89. The zero-order valence-electron chi connectivity index (χ0n) is 15.8. The quantitative estimate of drug-likeness (QED) is 0.803. The highest BCUT2D eigenvalue weighted by Gasteiger charge is 2.30. The van der Waals surface area contributed by atoms with Crippen LogP contribution in [0.5, 0.6) is 0 Å². The number of hydrogen-bond acceptors (Lipinski definition) is 2. The van der Waals surface area contributed by atoms with E-state index in [9.17, 15) is 18.0 Å². The van der Waals surface area contributed by atoms with Crippen LogP contribution in [0.3, 0.4) is 0 Å². The molecule has 1 aromatic carbocycles. The zero-order valence-corrected chi connectivity index (χ0v) is 15.8. The first-order chi connectivity index (χ1) is 12.2. The second-order valence-electron chi connectivity index (χ2n) is 7.62. The number of carbonyl (C=O) groups excluding carboxylic acids is 1. The molecule has 0 saturated carbocycles. The molecule has 1 heterocycles. The molecule has 1 saturated heterocycles. The number of nitrogens with one attached hydrogen (secondary N) is 1. The summed E-state index contributed by atoms with van der Waals surface area (Å²) < 4.78 is 37.8. The average Bonchev–Trinajstić information content (AvgIpc) is 2.59. The Hall–Kier alpha value is -1.56. The molecule has 3 atom stereocenters. The van der Waals surface area contributed by atoms with Gasteiger partial charge in [-0.25, -0.2) is 0 Å². The van der Waals surface area contributed by atoms with Crippen LogP contribution in [0.4, 0.5) is 13.2 Å². The smallest absolute Gasteiger partial charge is 0.355 e. The summed E-state index contributed by atoms with van der Waals surface area (Å²) in [5.74, 6) is 0.512. The molecule has 0 aliphatic carbocycles. The van der Waals surface area contributed by atoms with Crippen molar-refractivity contribution < 1.29 is 18.0 Å².